The monoisotopic (exact) mass is 387 g/mol. The average Bonchev–Trinajstić information content (AvgIpc) is 2.71. The number of nitrogens with one attached hydrogen (secondary N) is 2. The highest BCUT2D eigenvalue weighted by atomic mass is 16.1. The van der Waals surface area contributed by atoms with Crippen LogP contribution in [0.25, 0.3) is 10.8 Å². The molecule has 9 heteroatoms. The van der Waals surface area contributed by atoms with E-state index < -0.39 is 5.91 Å². The highest BCUT2D eigenvalue weighted by Crippen LogP contribution is 2.26. The molecule has 0 spiro atoms. The van der Waals surface area contributed by atoms with E-state index >= 15 is 0 Å². The number of nitrogens with two attached hydrogens (primary N) is 1. The predicted octanol–water partition coefficient (Wildman–Crippen LogP) is 2.31. The summed E-state index contributed by atoms with van der Waals surface area (Å²) in [7, 11) is 1.67. The van der Waals surface area contributed by atoms with Gasteiger partial charge in [-0.25, -0.2) is 9.97 Å². The molecule has 3 heterocycles. The summed E-state index contributed by atoms with van der Waals surface area (Å²) in [5.41, 5.74) is 6.09. The van der Waals surface area contributed by atoms with Gasteiger partial charge in [0.25, 0.3) is 5.56 Å². The molecule has 0 fully saturated rings. The highest BCUT2D eigenvalue weighted by Gasteiger charge is 2.12. The van der Waals surface area contributed by atoms with Crippen molar-refractivity contribution in [3.63, 3.8) is 0 Å². The second kappa shape index (κ2) is 7.39. The number of hydrogen-bond acceptors (Lipinski definition) is 7. The number of anilines is 4. The van der Waals surface area contributed by atoms with E-state index in [-0.39, 0.29) is 5.56 Å². The lowest BCUT2D eigenvalue weighted by Gasteiger charge is -2.13. The van der Waals surface area contributed by atoms with Crippen LogP contribution in [0.5, 0.6) is 0 Å². The fraction of sp³-hybridized carbons (Fsp3) is 0.0500. The zero-order chi connectivity index (χ0) is 20.4. The van der Waals surface area contributed by atoms with Crippen molar-refractivity contribution < 1.29 is 4.79 Å². The number of primary amides is 1. The smallest absolute Gasteiger partial charge is 0.261 e. The minimum atomic E-state index is -0.541. The zero-order valence-electron chi connectivity index (χ0n) is 15.5. The van der Waals surface area contributed by atoms with Crippen LogP contribution in [-0.4, -0.2) is 25.4 Å². The van der Waals surface area contributed by atoms with Crippen LogP contribution in [0.15, 0.2) is 66.0 Å². The molecule has 29 heavy (non-hydrogen) atoms. The number of pyridine rings is 2. The van der Waals surface area contributed by atoms with E-state index in [9.17, 15) is 9.59 Å². The lowest BCUT2D eigenvalue weighted by molar-refractivity contribution is 0.100. The van der Waals surface area contributed by atoms with Crippen molar-refractivity contribution in [2.45, 2.75) is 0 Å². The quantitative estimate of drug-likeness (QED) is 0.479. The largest absolute Gasteiger partial charge is 0.366 e. The summed E-state index contributed by atoms with van der Waals surface area (Å²) in [6.45, 7) is 0. The summed E-state index contributed by atoms with van der Waals surface area (Å²) in [6.07, 6.45) is 6.39. The Morgan fingerprint density at radius 3 is 2.72 bits per heavy atom. The van der Waals surface area contributed by atoms with Gasteiger partial charge in [0.2, 0.25) is 5.91 Å². The Bertz CT molecular complexity index is 1270. The molecule has 3 aromatic heterocycles. The first kappa shape index (κ1) is 18.1. The number of benzene rings is 1. The number of rotatable bonds is 5. The third-order valence-electron chi connectivity index (χ3n) is 4.29. The molecule has 4 rings (SSSR count). The molecule has 144 valence electrons. The Kier molecular flexibility index (Phi) is 4.62. The number of aryl methyl sites for hydroxylation is 1. The molecule has 0 aliphatic heterocycles. The van der Waals surface area contributed by atoms with Crippen LogP contribution in [0.2, 0.25) is 0 Å². The van der Waals surface area contributed by atoms with Gasteiger partial charge in [-0.05, 0) is 35.7 Å². The van der Waals surface area contributed by atoms with E-state index in [0.717, 1.165) is 0 Å². The van der Waals surface area contributed by atoms with Gasteiger partial charge >= 0.3 is 0 Å². The molecule has 4 aromatic rings. The summed E-state index contributed by atoms with van der Waals surface area (Å²) >= 11 is 0. The van der Waals surface area contributed by atoms with E-state index in [0.29, 0.717) is 39.5 Å². The number of hydrogen-bond donors (Lipinski definition) is 3. The molecular formula is C20H17N7O2. The van der Waals surface area contributed by atoms with Crippen LogP contribution in [0, 0.1) is 0 Å². The van der Waals surface area contributed by atoms with Gasteiger partial charge in [-0.2, -0.15) is 0 Å². The second-order valence-corrected chi connectivity index (χ2v) is 6.34. The van der Waals surface area contributed by atoms with E-state index in [2.05, 4.69) is 25.6 Å². The van der Waals surface area contributed by atoms with Crippen LogP contribution >= 0.6 is 0 Å². The van der Waals surface area contributed by atoms with Crippen molar-refractivity contribution in [1.82, 2.24) is 19.5 Å². The summed E-state index contributed by atoms with van der Waals surface area (Å²) in [5.74, 6) is 0.807. The number of carbonyl (C=O) groups is 1. The van der Waals surface area contributed by atoms with Crippen LogP contribution < -0.4 is 21.9 Å². The molecule has 0 radical (unpaired) electrons. The first-order valence-corrected chi connectivity index (χ1v) is 8.71. The van der Waals surface area contributed by atoms with Gasteiger partial charge in [-0.1, -0.05) is 6.07 Å². The molecule has 9 nitrogen and oxygen atoms in total. The Balaban J connectivity index is 1.83. The number of amides is 1. The van der Waals surface area contributed by atoms with Crippen molar-refractivity contribution in [2.75, 3.05) is 10.6 Å². The van der Waals surface area contributed by atoms with Crippen LogP contribution in [0.3, 0.4) is 0 Å². The first-order chi connectivity index (χ1) is 14.0. The number of carbonyl (C=O) groups excluding carboxylic acids is 1. The van der Waals surface area contributed by atoms with Gasteiger partial charge in [-0.3, -0.25) is 14.6 Å². The number of nitrogens with zero attached hydrogens (tertiary/aromatic N) is 4. The Morgan fingerprint density at radius 1 is 1.10 bits per heavy atom. The van der Waals surface area contributed by atoms with Crippen molar-refractivity contribution >= 4 is 39.8 Å². The van der Waals surface area contributed by atoms with E-state index in [1.165, 1.54) is 4.57 Å². The molecule has 0 saturated carbocycles. The topological polar surface area (TPSA) is 128 Å². The van der Waals surface area contributed by atoms with Crippen molar-refractivity contribution in [3.8, 4) is 0 Å². The van der Waals surface area contributed by atoms with Crippen LogP contribution in [0.1, 0.15) is 10.4 Å². The van der Waals surface area contributed by atoms with Gasteiger partial charge in [0.15, 0.2) is 0 Å². The second-order valence-electron chi connectivity index (χ2n) is 6.34. The lowest BCUT2D eigenvalue weighted by Crippen LogP contribution is -2.17. The number of fused-ring (bicyclic) bond motifs is 1. The predicted molar refractivity (Wildman–Crippen MR) is 111 cm³/mol. The minimum absolute atomic E-state index is 0.199. The lowest BCUT2D eigenvalue weighted by atomic mass is 10.1. The Hall–Kier alpha value is -4.27. The standard InChI is InChI=1S/C20H17N7O2/c1-27-8-5-12-10-15(25-16-11-22-6-7-23-16)26-19(17(12)20(27)29)24-14-4-2-3-13(9-14)18(21)28/h2-11H,1H3,(H2,21,28)(H2,23,24,25,26). The maximum atomic E-state index is 12.8. The van der Waals surface area contributed by atoms with E-state index in [4.69, 9.17) is 5.73 Å². The first-order valence-electron chi connectivity index (χ1n) is 8.71. The van der Waals surface area contributed by atoms with E-state index in [1.807, 2.05) is 6.07 Å². The van der Waals surface area contributed by atoms with Gasteiger partial charge in [0, 0.05) is 36.9 Å². The summed E-state index contributed by atoms with van der Waals surface area (Å²) in [5, 5.41) is 7.32. The van der Waals surface area contributed by atoms with Gasteiger partial charge in [0.1, 0.15) is 17.5 Å². The number of aromatic nitrogens is 4. The molecule has 0 bridgehead atoms. The third-order valence-corrected chi connectivity index (χ3v) is 4.29. The molecule has 1 amide bonds. The Morgan fingerprint density at radius 2 is 1.97 bits per heavy atom. The van der Waals surface area contributed by atoms with Gasteiger partial charge in [0.05, 0.1) is 11.6 Å². The molecular weight excluding hydrogens is 370 g/mol. The maximum Gasteiger partial charge on any atom is 0.261 e. The normalized spacial score (nSPS) is 10.7. The summed E-state index contributed by atoms with van der Waals surface area (Å²) in [4.78, 5) is 37.0. The van der Waals surface area contributed by atoms with Gasteiger partial charge in [-0.15, -0.1) is 0 Å². The SMILES string of the molecule is Cn1ccc2cc(Nc3cnccn3)nc(Nc3cccc(C(N)=O)c3)c2c1=O. The average molecular weight is 387 g/mol. The van der Waals surface area contributed by atoms with Crippen LogP contribution in [-0.2, 0) is 7.05 Å². The Labute approximate surface area is 165 Å². The zero-order valence-corrected chi connectivity index (χ0v) is 15.5. The molecule has 0 aliphatic rings. The molecule has 1 aromatic carbocycles. The third kappa shape index (κ3) is 3.74. The molecule has 0 saturated heterocycles. The minimum Gasteiger partial charge on any atom is -0.366 e. The molecule has 0 aliphatic carbocycles. The summed E-state index contributed by atoms with van der Waals surface area (Å²) < 4.78 is 1.48. The van der Waals surface area contributed by atoms with Crippen molar-refractivity contribution in [2.24, 2.45) is 12.8 Å². The van der Waals surface area contributed by atoms with E-state index in [1.54, 1.807) is 62.2 Å². The van der Waals surface area contributed by atoms with Crippen LogP contribution in [0.4, 0.5) is 23.1 Å². The molecule has 0 unspecified atom stereocenters. The van der Waals surface area contributed by atoms with Crippen molar-refractivity contribution in [1.29, 1.82) is 0 Å². The molecule has 0 atom stereocenters. The fourth-order valence-electron chi connectivity index (χ4n) is 2.89. The fourth-order valence-corrected chi connectivity index (χ4v) is 2.89. The van der Waals surface area contributed by atoms with Gasteiger partial charge < -0.3 is 20.9 Å². The van der Waals surface area contributed by atoms with Crippen molar-refractivity contribution in [3.05, 3.63) is 77.1 Å². The highest BCUT2D eigenvalue weighted by molar-refractivity contribution is 5.96. The maximum absolute atomic E-state index is 12.8. The summed E-state index contributed by atoms with van der Waals surface area (Å²) in [6, 6.07) is 10.3. The molecule has 4 N–H and O–H groups in total.